The first-order chi connectivity index (χ1) is 13.0. The minimum atomic E-state index is -0.465. The van der Waals surface area contributed by atoms with Crippen molar-refractivity contribution in [1.29, 1.82) is 0 Å². The van der Waals surface area contributed by atoms with Crippen LogP contribution in [0.15, 0.2) is 12.3 Å². The van der Waals surface area contributed by atoms with Crippen molar-refractivity contribution in [3.63, 3.8) is 0 Å². The fourth-order valence-corrected chi connectivity index (χ4v) is 4.45. The molecule has 1 aromatic rings. The molecule has 0 bridgehead atoms. The number of hydrogen-bond acceptors (Lipinski definition) is 5. The smallest absolute Gasteiger partial charge is 0.230 e. The first-order valence-electron chi connectivity index (χ1n) is 10.2. The fraction of sp³-hybridized carbons (Fsp3) is 0.700. The third-order valence-electron chi connectivity index (χ3n) is 6.33. The monoisotopic (exact) mass is 371 g/mol. The summed E-state index contributed by atoms with van der Waals surface area (Å²) in [5.74, 6) is 2.50. The second kappa shape index (κ2) is 7.44. The first kappa shape index (κ1) is 18.2. The lowest BCUT2D eigenvalue weighted by atomic mass is 9.80. The van der Waals surface area contributed by atoms with Gasteiger partial charge in [0.25, 0.3) is 0 Å². The highest BCUT2D eigenvalue weighted by molar-refractivity contribution is 5.86. The molecule has 1 aromatic heterocycles. The van der Waals surface area contributed by atoms with Crippen LogP contribution in [0.1, 0.15) is 57.2 Å². The van der Waals surface area contributed by atoms with Crippen molar-refractivity contribution < 1.29 is 9.59 Å². The summed E-state index contributed by atoms with van der Waals surface area (Å²) >= 11 is 0. The summed E-state index contributed by atoms with van der Waals surface area (Å²) in [5.41, 5.74) is -0.465. The van der Waals surface area contributed by atoms with Gasteiger partial charge in [0.1, 0.15) is 11.6 Å². The van der Waals surface area contributed by atoms with Gasteiger partial charge >= 0.3 is 0 Å². The molecule has 3 fully saturated rings. The minimum absolute atomic E-state index is 0.0500. The number of rotatable bonds is 3. The molecule has 3 saturated heterocycles. The number of nitrogens with one attached hydrogen (secondary N) is 1. The zero-order valence-electron chi connectivity index (χ0n) is 16.1. The van der Waals surface area contributed by atoms with Crippen molar-refractivity contribution in [2.24, 2.45) is 5.41 Å². The average Bonchev–Trinajstić information content (AvgIpc) is 3.25. The largest absolute Gasteiger partial charge is 0.357 e. The van der Waals surface area contributed by atoms with E-state index in [0.29, 0.717) is 25.3 Å². The van der Waals surface area contributed by atoms with Crippen LogP contribution in [-0.4, -0.2) is 59.4 Å². The molecule has 4 heterocycles. The van der Waals surface area contributed by atoms with Crippen molar-refractivity contribution in [3.8, 4) is 0 Å². The molecule has 7 nitrogen and oxygen atoms in total. The number of amides is 2. The number of carbonyl (C=O) groups is 2. The molecule has 0 spiro atoms. The van der Waals surface area contributed by atoms with Crippen LogP contribution in [0.4, 0.5) is 5.82 Å². The van der Waals surface area contributed by atoms with E-state index < -0.39 is 5.41 Å². The van der Waals surface area contributed by atoms with Crippen molar-refractivity contribution >= 4 is 17.6 Å². The van der Waals surface area contributed by atoms with Gasteiger partial charge in [-0.3, -0.25) is 9.59 Å². The Balaban J connectivity index is 1.37. The Hall–Kier alpha value is -2.18. The van der Waals surface area contributed by atoms with Crippen molar-refractivity contribution in [1.82, 2.24) is 20.2 Å². The normalized spacial score (nSPS) is 26.9. The van der Waals surface area contributed by atoms with Gasteiger partial charge in [0.2, 0.25) is 11.8 Å². The molecule has 1 N–H and O–H groups in total. The Morgan fingerprint density at radius 3 is 2.63 bits per heavy atom. The zero-order valence-corrected chi connectivity index (χ0v) is 16.1. The Labute approximate surface area is 160 Å². The average molecular weight is 371 g/mol. The van der Waals surface area contributed by atoms with Crippen LogP contribution in [0.3, 0.4) is 0 Å². The summed E-state index contributed by atoms with van der Waals surface area (Å²) in [4.78, 5) is 38.1. The molecule has 3 aliphatic heterocycles. The highest BCUT2D eigenvalue weighted by Crippen LogP contribution is 2.32. The predicted molar refractivity (Wildman–Crippen MR) is 102 cm³/mol. The molecule has 27 heavy (non-hydrogen) atoms. The highest BCUT2D eigenvalue weighted by Gasteiger charge is 2.40. The number of piperidine rings is 2. The van der Waals surface area contributed by atoms with E-state index in [1.807, 2.05) is 24.1 Å². The lowest BCUT2D eigenvalue weighted by Gasteiger charge is -2.40. The fourth-order valence-electron chi connectivity index (χ4n) is 4.45. The molecule has 0 aromatic carbocycles. The van der Waals surface area contributed by atoms with Gasteiger partial charge in [-0.1, -0.05) is 0 Å². The van der Waals surface area contributed by atoms with Gasteiger partial charge in [0, 0.05) is 51.3 Å². The number of aromatic nitrogens is 2. The van der Waals surface area contributed by atoms with Gasteiger partial charge in [0.05, 0.1) is 5.41 Å². The summed E-state index contributed by atoms with van der Waals surface area (Å²) in [6.07, 6.45) is 7.22. The van der Waals surface area contributed by atoms with Crippen molar-refractivity contribution in [2.45, 2.75) is 51.4 Å². The number of carbonyl (C=O) groups excluding carboxylic acids is 2. The topological polar surface area (TPSA) is 78.4 Å². The third-order valence-corrected chi connectivity index (χ3v) is 6.33. The number of hydrogen-bond donors (Lipinski definition) is 1. The summed E-state index contributed by atoms with van der Waals surface area (Å²) in [6, 6.07) is 2.01. The van der Waals surface area contributed by atoms with E-state index >= 15 is 0 Å². The molecule has 3 aliphatic rings. The van der Waals surface area contributed by atoms with Gasteiger partial charge < -0.3 is 15.1 Å². The van der Waals surface area contributed by atoms with Gasteiger partial charge in [-0.25, -0.2) is 9.97 Å². The maximum absolute atomic E-state index is 13.0. The quantitative estimate of drug-likeness (QED) is 0.875. The molecule has 0 saturated carbocycles. The van der Waals surface area contributed by atoms with Crippen LogP contribution >= 0.6 is 0 Å². The third kappa shape index (κ3) is 3.77. The Kier molecular flexibility index (Phi) is 5.02. The second-order valence-electron chi connectivity index (χ2n) is 8.37. The molecule has 2 amide bonds. The van der Waals surface area contributed by atoms with Gasteiger partial charge in [-0.15, -0.1) is 0 Å². The number of anilines is 1. The summed E-state index contributed by atoms with van der Waals surface area (Å²) in [5, 5.41) is 2.85. The maximum atomic E-state index is 13.0. The first-order valence-corrected chi connectivity index (χ1v) is 10.2. The Morgan fingerprint density at radius 1 is 1.22 bits per heavy atom. The van der Waals surface area contributed by atoms with Crippen LogP contribution in [-0.2, 0) is 9.59 Å². The van der Waals surface area contributed by atoms with E-state index in [2.05, 4.69) is 15.2 Å². The van der Waals surface area contributed by atoms with Crippen molar-refractivity contribution in [2.75, 3.05) is 37.6 Å². The molecule has 4 rings (SSSR count). The SMILES string of the molecule is CC1(C(=O)N2CCC(c3nccc(N4CCCC4)n3)CC2)CCC(=O)NC1. The molecular formula is C20H29N5O2. The summed E-state index contributed by atoms with van der Waals surface area (Å²) < 4.78 is 0. The number of nitrogens with zero attached hydrogens (tertiary/aromatic N) is 4. The van der Waals surface area contributed by atoms with Gasteiger partial charge in [0.15, 0.2) is 0 Å². The van der Waals surface area contributed by atoms with E-state index in [0.717, 1.165) is 50.7 Å². The molecular weight excluding hydrogens is 342 g/mol. The van der Waals surface area contributed by atoms with Crippen LogP contribution < -0.4 is 10.2 Å². The van der Waals surface area contributed by atoms with E-state index in [-0.39, 0.29) is 11.8 Å². The summed E-state index contributed by atoms with van der Waals surface area (Å²) in [7, 11) is 0. The molecule has 146 valence electrons. The Bertz CT molecular complexity index is 698. The number of likely N-dealkylation sites (tertiary alicyclic amines) is 1. The summed E-state index contributed by atoms with van der Waals surface area (Å²) in [6.45, 7) is 6.07. The molecule has 7 heteroatoms. The van der Waals surface area contributed by atoms with E-state index in [1.165, 1.54) is 12.8 Å². The molecule has 1 atom stereocenters. The zero-order chi connectivity index (χ0) is 18.9. The lowest BCUT2D eigenvalue weighted by Crippen LogP contribution is -2.53. The van der Waals surface area contributed by atoms with Gasteiger partial charge in [-0.2, -0.15) is 0 Å². The van der Waals surface area contributed by atoms with E-state index in [4.69, 9.17) is 4.98 Å². The predicted octanol–water partition coefficient (Wildman–Crippen LogP) is 1.70. The van der Waals surface area contributed by atoms with E-state index in [1.54, 1.807) is 0 Å². The minimum Gasteiger partial charge on any atom is -0.357 e. The maximum Gasteiger partial charge on any atom is 0.230 e. The highest BCUT2D eigenvalue weighted by atomic mass is 16.2. The second-order valence-corrected chi connectivity index (χ2v) is 8.37. The van der Waals surface area contributed by atoms with Crippen LogP contribution in [0.5, 0.6) is 0 Å². The van der Waals surface area contributed by atoms with Gasteiger partial charge in [-0.05, 0) is 45.1 Å². The molecule has 1 unspecified atom stereocenters. The van der Waals surface area contributed by atoms with Crippen molar-refractivity contribution in [3.05, 3.63) is 18.1 Å². The molecule has 0 radical (unpaired) electrons. The Morgan fingerprint density at radius 2 is 1.96 bits per heavy atom. The lowest BCUT2D eigenvalue weighted by molar-refractivity contribution is -0.145. The van der Waals surface area contributed by atoms with E-state index in [9.17, 15) is 9.59 Å². The molecule has 0 aliphatic carbocycles. The van der Waals surface area contributed by atoms with Crippen LogP contribution in [0.2, 0.25) is 0 Å². The standard InChI is InChI=1S/C20H29N5O2/c1-20(8-4-17(26)22-14-20)19(27)25-12-6-15(7-13-25)18-21-9-5-16(23-18)24-10-2-3-11-24/h5,9,15H,2-4,6-8,10-14H2,1H3,(H,22,26). The van der Waals surface area contributed by atoms with Crippen LogP contribution in [0.25, 0.3) is 0 Å². The van der Waals surface area contributed by atoms with Crippen LogP contribution in [0, 0.1) is 5.41 Å².